The zero-order chi connectivity index (χ0) is 9.30. The third-order valence-corrected chi connectivity index (χ3v) is 1.47. The number of nitrogen functional groups attached to an aromatic ring is 1. The molecular formula is C7H7F3N2. The summed E-state index contributed by atoms with van der Waals surface area (Å²) in [5, 5.41) is 0. The molecule has 0 amide bonds. The molecule has 5 heteroatoms. The molecule has 0 aromatic carbocycles. The van der Waals surface area contributed by atoms with E-state index in [2.05, 4.69) is 4.98 Å². The molecule has 0 saturated carbocycles. The van der Waals surface area contributed by atoms with Gasteiger partial charge in [-0.15, -0.1) is 0 Å². The lowest BCUT2D eigenvalue weighted by Gasteiger charge is -2.06. The van der Waals surface area contributed by atoms with E-state index >= 15 is 0 Å². The third-order valence-electron chi connectivity index (χ3n) is 1.47. The Morgan fingerprint density at radius 3 is 2.50 bits per heavy atom. The Labute approximate surface area is 67.2 Å². The maximum absolute atomic E-state index is 12.4. The summed E-state index contributed by atoms with van der Waals surface area (Å²) < 4.78 is 36.8. The maximum atomic E-state index is 12.4. The Morgan fingerprint density at radius 1 is 1.50 bits per heavy atom. The molecule has 0 bridgehead atoms. The second-order valence-corrected chi connectivity index (χ2v) is 2.33. The summed E-state index contributed by atoms with van der Waals surface area (Å²) >= 11 is 0. The molecule has 0 fully saturated rings. The van der Waals surface area contributed by atoms with Gasteiger partial charge in [-0.2, -0.15) is 4.39 Å². The Morgan fingerprint density at radius 2 is 2.08 bits per heavy atom. The van der Waals surface area contributed by atoms with Crippen LogP contribution in [-0.4, -0.2) is 4.98 Å². The summed E-state index contributed by atoms with van der Waals surface area (Å²) in [6.07, 6.45) is -2.71. The topological polar surface area (TPSA) is 38.9 Å². The van der Waals surface area contributed by atoms with Crippen molar-refractivity contribution in [1.29, 1.82) is 0 Å². The largest absolute Gasteiger partial charge is 0.398 e. The van der Waals surface area contributed by atoms with E-state index < -0.39 is 17.9 Å². The van der Waals surface area contributed by atoms with Gasteiger partial charge in [-0.3, -0.25) is 0 Å². The molecular weight excluding hydrogens is 169 g/mol. The Bertz CT molecular complexity index is 276. The molecule has 2 nitrogen and oxygen atoms in total. The zero-order valence-corrected chi connectivity index (χ0v) is 6.31. The van der Waals surface area contributed by atoms with Crippen LogP contribution in [0.25, 0.3) is 0 Å². The lowest BCUT2D eigenvalue weighted by Crippen LogP contribution is -2.02. The number of hydrogen-bond donors (Lipinski definition) is 1. The average Bonchev–Trinajstić information content (AvgIpc) is 1.82. The van der Waals surface area contributed by atoms with Gasteiger partial charge in [0, 0.05) is 11.8 Å². The molecule has 66 valence electrons. The summed E-state index contributed by atoms with van der Waals surface area (Å²) in [7, 11) is 0. The molecule has 0 aliphatic rings. The van der Waals surface area contributed by atoms with Crippen LogP contribution in [0.2, 0.25) is 0 Å². The van der Waals surface area contributed by atoms with Gasteiger partial charge in [0.1, 0.15) is 0 Å². The van der Waals surface area contributed by atoms with E-state index in [1.807, 2.05) is 0 Å². The first kappa shape index (κ1) is 8.83. The minimum atomic E-state index is -2.71. The Balaban J connectivity index is 3.28. The zero-order valence-electron chi connectivity index (χ0n) is 6.31. The average molecular weight is 176 g/mol. The number of pyridine rings is 1. The highest BCUT2D eigenvalue weighted by molar-refractivity contribution is 5.48. The van der Waals surface area contributed by atoms with Crippen LogP contribution >= 0.6 is 0 Å². The van der Waals surface area contributed by atoms with Gasteiger partial charge >= 0.3 is 0 Å². The van der Waals surface area contributed by atoms with Crippen LogP contribution in [0.4, 0.5) is 18.9 Å². The van der Waals surface area contributed by atoms with E-state index in [0.717, 1.165) is 6.07 Å². The van der Waals surface area contributed by atoms with Crippen LogP contribution < -0.4 is 5.73 Å². The number of hydrogen-bond acceptors (Lipinski definition) is 2. The molecule has 0 unspecified atom stereocenters. The van der Waals surface area contributed by atoms with Crippen molar-refractivity contribution < 1.29 is 13.2 Å². The maximum Gasteiger partial charge on any atom is 0.267 e. The quantitative estimate of drug-likeness (QED) is 0.665. The van der Waals surface area contributed by atoms with Gasteiger partial charge in [0.05, 0.1) is 11.3 Å². The van der Waals surface area contributed by atoms with Crippen molar-refractivity contribution in [3.63, 3.8) is 0 Å². The predicted octanol–water partition coefficient (Wildman–Crippen LogP) is 2.05. The number of anilines is 1. The van der Waals surface area contributed by atoms with Crippen LogP contribution in [0.3, 0.4) is 0 Å². The number of aromatic nitrogens is 1. The molecule has 1 aromatic rings. The molecule has 1 heterocycles. The second-order valence-electron chi connectivity index (χ2n) is 2.33. The minimum Gasteiger partial charge on any atom is -0.398 e. The van der Waals surface area contributed by atoms with Crippen molar-refractivity contribution in [1.82, 2.24) is 4.98 Å². The van der Waals surface area contributed by atoms with Gasteiger partial charge in [0.15, 0.2) is 0 Å². The van der Waals surface area contributed by atoms with Crippen LogP contribution in [0.15, 0.2) is 6.07 Å². The van der Waals surface area contributed by atoms with Crippen molar-refractivity contribution in [2.24, 2.45) is 0 Å². The van der Waals surface area contributed by atoms with Crippen molar-refractivity contribution >= 4 is 5.69 Å². The monoisotopic (exact) mass is 176 g/mol. The van der Waals surface area contributed by atoms with Gasteiger partial charge in [-0.1, -0.05) is 0 Å². The molecule has 12 heavy (non-hydrogen) atoms. The van der Waals surface area contributed by atoms with E-state index in [1.165, 1.54) is 6.92 Å². The van der Waals surface area contributed by atoms with Gasteiger partial charge in [-0.05, 0) is 6.92 Å². The lowest BCUT2D eigenvalue weighted by molar-refractivity contribution is 0.150. The summed E-state index contributed by atoms with van der Waals surface area (Å²) in [4.78, 5) is 3.23. The van der Waals surface area contributed by atoms with Gasteiger partial charge < -0.3 is 5.73 Å². The lowest BCUT2D eigenvalue weighted by atomic mass is 10.2. The molecule has 1 aromatic heterocycles. The highest BCUT2D eigenvalue weighted by Crippen LogP contribution is 2.27. The Kier molecular flexibility index (Phi) is 2.21. The first-order valence-electron chi connectivity index (χ1n) is 3.23. The summed E-state index contributed by atoms with van der Waals surface area (Å²) in [5.74, 6) is -0.839. The number of halogens is 3. The smallest absolute Gasteiger partial charge is 0.267 e. The SMILES string of the molecule is Cc1nc(F)cc(N)c1C(F)F. The van der Waals surface area contributed by atoms with Crippen molar-refractivity contribution in [3.05, 3.63) is 23.3 Å². The summed E-state index contributed by atoms with van der Waals surface area (Å²) in [6.45, 7) is 1.29. The summed E-state index contributed by atoms with van der Waals surface area (Å²) in [5.41, 5.74) is 4.45. The van der Waals surface area contributed by atoms with Crippen LogP contribution in [0, 0.1) is 12.9 Å². The molecule has 0 spiro atoms. The van der Waals surface area contributed by atoms with E-state index in [0.29, 0.717) is 0 Å². The van der Waals surface area contributed by atoms with Crippen molar-refractivity contribution in [2.75, 3.05) is 5.73 Å². The molecule has 0 radical (unpaired) electrons. The predicted molar refractivity (Wildman–Crippen MR) is 38.3 cm³/mol. The van der Waals surface area contributed by atoms with E-state index in [-0.39, 0.29) is 11.4 Å². The van der Waals surface area contributed by atoms with Crippen molar-refractivity contribution in [2.45, 2.75) is 13.3 Å². The van der Waals surface area contributed by atoms with E-state index in [9.17, 15) is 13.2 Å². The molecule has 0 atom stereocenters. The van der Waals surface area contributed by atoms with Crippen LogP contribution in [0.5, 0.6) is 0 Å². The molecule has 0 saturated heterocycles. The fourth-order valence-corrected chi connectivity index (χ4v) is 0.952. The molecule has 2 N–H and O–H groups in total. The third kappa shape index (κ3) is 1.49. The van der Waals surface area contributed by atoms with Crippen molar-refractivity contribution in [3.8, 4) is 0 Å². The first-order valence-corrected chi connectivity index (χ1v) is 3.23. The Hall–Kier alpha value is -1.26. The fourth-order valence-electron chi connectivity index (χ4n) is 0.952. The van der Waals surface area contributed by atoms with Gasteiger partial charge in [0.25, 0.3) is 6.43 Å². The second kappa shape index (κ2) is 3.00. The van der Waals surface area contributed by atoms with Gasteiger partial charge in [0.2, 0.25) is 5.95 Å². The number of aryl methyl sites for hydroxylation is 1. The van der Waals surface area contributed by atoms with Gasteiger partial charge in [-0.25, -0.2) is 13.8 Å². The minimum absolute atomic E-state index is 0.0671. The van der Waals surface area contributed by atoms with E-state index in [4.69, 9.17) is 5.73 Å². The van der Waals surface area contributed by atoms with Crippen LogP contribution in [0.1, 0.15) is 17.7 Å². The molecule has 0 aliphatic heterocycles. The van der Waals surface area contributed by atoms with Crippen LogP contribution in [-0.2, 0) is 0 Å². The number of nitrogens with two attached hydrogens (primary N) is 1. The number of rotatable bonds is 1. The van der Waals surface area contributed by atoms with E-state index in [1.54, 1.807) is 0 Å². The fraction of sp³-hybridized carbons (Fsp3) is 0.286. The first-order chi connectivity index (χ1) is 5.52. The molecule has 0 aliphatic carbocycles. The highest BCUT2D eigenvalue weighted by atomic mass is 19.3. The standard InChI is InChI=1S/C7H7F3N2/c1-3-6(7(9)10)4(11)2-5(8)12-3/h2,7H,1H3,(H2,11,12). The summed E-state index contributed by atoms with van der Waals surface area (Å²) in [6, 6.07) is 0.786. The normalized spacial score (nSPS) is 10.8. The number of alkyl halides is 2. The highest BCUT2D eigenvalue weighted by Gasteiger charge is 2.16. The molecule has 1 rings (SSSR count). The number of nitrogens with zero attached hydrogens (tertiary/aromatic N) is 1.